The molecule has 0 aromatic rings. The molecule has 0 amide bonds. The van der Waals surface area contributed by atoms with E-state index in [1.54, 1.807) is 6.08 Å². The Morgan fingerprint density at radius 2 is 2.19 bits per heavy atom. The van der Waals surface area contributed by atoms with E-state index >= 15 is 0 Å². The highest BCUT2D eigenvalue weighted by Crippen LogP contribution is 2.45. The minimum atomic E-state index is -1.12. The van der Waals surface area contributed by atoms with E-state index in [0.29, 0.717) is 25.7 Å². The lowest BCUT2D eigenvalue weighted by Crippen LogP contribution is -2.44. The molecule has 3 aliphatic rings. The summed E-state index contributed by atoms with van der Waals surface area (Å²) < 4.78 is 16.1. The lowest BCUT2D eigenvalue weighted by Gasteiger charge is -2.29. The summed E-state index contributed by atoms with van der Waals surface area (Å²) in [6.45, 7) is 9.03. The van der Waals surface area contributed by atoms with Gasteiger partial charge in [-0.2, -0.15) is 0 Å². The number of aliphatic hydroxyl groups is 1. The van der Waals surface area contributed by atoms with Gasteiger partial charge < -0.3 is 19.3 Å². The maximum Gasteiger partial charge on any atom is 0.338 e. The third kappa shape index (κ3) is 3.15. The number of ether oxygens (including phenoxy) is 3. The molecule has 2 fully saturated rings. The second-order valence-corrected chi connectivity index (χ2v) is 6.75. The predicted molar refractivity (Wildman–Crippen MR) is 89.6 cm³/mol. The number of carbonyl (C=O) groups is 3. The largest absolute Gasteiger partial charge is 0.455 e. The molecule has 3 rings (SSSR count). The SMILES string of the molecule is C=C(C)C(=O)OC1=CC(C=O)=CCCC2(CO2)C(O)C2OC(=O)C(=C)C12. The molecule has 1 aliphatic carbocycles. The molecule has 2 heterocycles. The first-order chi connectivity index (χ1) is 12.3. The summed E-state index contributed by atoms with van der Waals surface area (Å²) in [5.41, 5.74) is -0.377. The standard InChI is InChI=1S/C19H20O7/c1-10(2)17(22)25-13-7-12(8-20)5-4-6-19(9-24-19)16(21)15-14(13)11(3)18(23)26-15/h5,7-8,14-16,21H,1,3-4,6,9H2,2H3. The number of allylic oxidation sites excluding steroid dienone is 3. The van der Waals surface area contributed by atoms with Gasteiger partial charge in [0.25, 0.3) is 0 Å². The van der Waals surface area contributed by atoms with Crippen molar-refractivity contribution >= 4 is 18.2 Å². The van der Waals surface area contributed by atoms with Crippen molar-refractivity contribution in [3.8, 4) is 0 Å². The summed E-state index contributed by atoms with van der Waals surface area (Å²) in [7, 11) is 0. The van der Waals surface area contributed by atoms with Gasteiger partial charge in [0.15, 0.2) is 0 Å². The zero-order valence-corrected chi connectivity index (χ0v) is 14.4. The van der Waals surface area contributed by atoms with E-state index in [1.807, 2.05) is 0 Å². The van der Waals surface area contributed by atoms with Crippen molar-refractivity contribution in [2.45, 2.75) is 37.6 Å². The fraction of sp³-hybridized carbons (Fsp3) is 0.421. The Kier molecular flexibility index (Phi) is 4.68. The van der Waals surface area contributed by atoms with Gasteiger partial charge in [-0.15, -0.1) is 0 Å². The van der Waals surface area contributed by atoms with Gasteiger partial charge in [0.1, 0.15) is 29.9 Å². The fourth-order valence-electron chi connectivity index (χ4n) is 3.19. The number of fused-ring (bicyclic) bond motifs is 1. The average Bonchev–Trinajstić information content (AvgIpc) is 3.32. The van der Waals surface area contributed by atoms with Gasteiger partial charge >= 0.3 is 11.9 Å². The van der Waals surface area contributed by atoms with E-state index in [2.05, 4.69) is 13.2 Å². The van der Waals surface area contributed by atoms with Crippen LogP contribution in [0.4, 0.5) is 0 Å². The van der Waals surface area contributed by atoms with Gasteiger partial charge in [0, 0.05) is 16.7 Å². The Morgan fingerprint density at radius 1 is 1.50 bits per heavy atom. The lowest BCUT2D eigenvalue weighted by molar-refractivity contribution is -0.147. The smallest absolute Gasteiger partial charge is 0.338 e. The van der Waals surface area contributed by atoms with E-state index in [1.165, 1.54) is 13.0 Å². The molecular formula is C19H20O7. The summed E-state index contributed by atoms with van der Waals surface area (Å²) in [6, 6.07) is 0. The molecule has 4 unspecified atom stereocenters. The van der Waals surface area contributed by atoms with Crippen LogP contribution >= 0.6 is 0 Å². The van der Waals surface area contributed by atoms with Gasteiger partial charge in [-0.1, -0.05) is 19.2 Å². The maximum atomic E-state index is 12.1. The molecule has 7 heteroatoms. The number of epoxide rings is 1. The van der Waals surface area contributed by atoms with E-state index in [0.717, 1.165) is 0 Å². The average molecular weight is 360 g/mol. The zero-order valence-electron chi connectivity index (χ0n) is 14.4. The number of hydrogen-bond donors (Lipinski definition) is 1. The minimum absolute atomic E-state index is 0.00829. The summed E-state index contributed by atoms with van der Waals surface area (Å²) >= 11 is 0. The van der Waals surface area contributed by atoms with Gasteiger partial charge in [-0.25, -0.2) is 9.59 Å². The monoisotopic (exact) mass is 360 g/mol. The molecule has 1 spiro atoms. The second kappa shape index (κ2) is 6.66. The highest BCUT2D eigenvalue weighted by molar-refractivity contribution is 5.93. The lowest BCUT2D eigenvalue weighted by atomic mass is 9.83. The molecule has 138 valence electrons. The Morgan fingerprint density at radius 3 is 2.77 bits per heavy atom. The molecule has 0 radical (unpaired) electrons. The number of aliphatic hydroxyl groups excluding tert-OH is 1. The molecule has 2 aliphatic heterocycles. The molecule has 4 atom stereocenters. The third-order valence-corrected chi connectivity index (χ3v) is 4.83. The van der Waals surface area contributed by atoms with Gasteiger partial charge in [0.05, 0.1) is 12.5 Å². The first-order valence-corrected chi connectivity index (χ1v) is 8.25. The third-order valence-electron chi connectivity index (χ3n) is 4.83. The van der Waals surface area contributed by atoms with Gasteiger partial charge in [-0.05, 0) is 25.8 Å². The van der Waals surface area contributed by atoms with Crippen LogP contribution in [0.15, 0.2) is 47.8 Å². The Bertz CT molecular complexity index is 754. The molecule has 2 saturated heterocycles. The van der Waals surface area contributed by atoms with Crippen LogP contribution in [0.1, 0.15) is 19.8 Å². The Hall–Kier alpha value is -2.51. The topological polar surface area (TPSA) is 102 Å². The van der Waals surface area contributed by atoms with E-state index in [-0.39, 0.29) is 22.5 Å². The van der Waals surface area contributed by atoms with Crippen molar-refractivity contribution < 1.29 is 33.7 Å². The minimum Gasteiger partial charge on any atom is -0.455 e. The van der Waals surface area contributed by atoms with Gasteiger partial charge in [-0.3, -0.25) is 4.79 Å². The van der Waals surface area contributed by atoms with Crippen LogP contribution in [-0.4, -0.2) is 47.7 Å². The predicted octanol–water partition coefficient (Wildman–Crippen LogP) is 1.14. The zero-order chi connectivity index (χ0) is 19.1. The molecule has 1 N–H and O–H groups in total. The number of rotatable bonds is 3. The number of esters is 2. The Labute approximate surface area is 150 Å². The highest BCUT2D eigenvalue weighted by atomic mass is 16.6. The normalized spacial score (nSPS) is 33.5. The molecular weight excluding hydrogens is 340 g/mol. The van der Waals surface area contributed by atoms with Crippen molar-refractivity contribution in [1.82, 2.24) is 0 Å². The first-order valence-electron chi connectivity index (χ1n) is 8.25. The van der Waals surface area contributed by atoms with Crippen molar-refractivity contribution in [3.63, 3.8) is 0 Å². The van der Waals surface area contributed by atoms with Crippen molar-refractivity contribution in [2.24, 2.45) is 5.92 Å². The number of carbonyl (C=O) groups excluding carboxylic acids is 3. The maximum absolute atomic E-state index is 12.1. The first kappa shape index (κ1) is 18.3. The van der Waals surface area contributed by atoms with Crippen LogP contribution in [0.3, 0.4) is 0 Å². The molecule has 0 saturated carbocycles. The number of aldehydes is 1. The molecule has 0 aromatic heterocycles. The van der Waals surface area contributed by atoms with Crippen LogP contribution < -0.4 is 0 Å². The van der Waals surface area contributed by atoms with E-state index < -0.39 is 35.7 Å². The molecule has 0 aromatic carbocycles. The van der Waals surface area contributed by atoms with Crippen LogP contribution in [0.2, 0.25) is 0 Å². The molecule has 0 bridgehead atoms. The fourth-order valence-corrected chi connectivity index (χ4v) is 3.19. The second-order valence-electron chi connectivity index (χ2n) is 6.75. The highest BCUT2D eigenvalue weighted by Gasteiger charge is 2.59. The summed E-state index contributed by atoms with van der Waals surface area (Å²) in [6.07, 6.45) is 2.46. The molecule has 7 nitrogen and oxygen atoms in total. The Balaban J connectivity index is 2.08. The molecule has 26 heavy (non-hydrogen) atoms. The quantitative estimate of drug-likeness (QED) is 0.348. The summed E-state index contributed by atoms with van der Waals surface area (Å²) in [5.74, 6) is -2.31. The van der Waals surface area contributed by atoms with Crippen LogP contribution in [0.25, 0.3) is 0 Å². The van der Waals surface area contributed by atoms with Crippen LogP contribution in [-0.2, 0) is 28.6 Å². The number of hydrogen-bond acceptors (Lipinski definition) is 7. The van der Waals surface area contributed by atoms with Gasteiger partial charge in [0.2, 0.25) is 0 Å². The van der Waals surface area contributed by atoms with E-state index in [9.17, 15) is 19.5 Å². The van der Waals surface area contributed by atoms with Crippen molar-refractivity contribution in [3.05, 3.63) is 47.8 Å². The van der Waals surface area contributed by atoms with Crippen LogP contribution in [0, 0.1) is 5.92 Å². The van der Waals surface area contributed by atoms with E-state index in [4.69, 9.17) is 14.2 Å². The summed E-state index contributed by atoms with van der Waals surface area (Å²) in [5, 5.41) is 10.8. The summed E-state index contributed by atoms with van der Waals surface area (Å²) in [4.78, 5) is 35.5. The van der Waals surface area contributed by atoms with Crippen LogP contribution in [0.5, 0.6) is 0 Å². The van der Waals surface area contributed by atoms with Crippen molar-refractivity contribution in [2.75, 3.05) is 6.61 Å². The van der Waals surface area contributed by atoms with Crippen molar-refractivity contribution in [1.29, 1.82) is 0 Å².